The second kappa shape index (κ2) is 11.8. The molecule has 3 rings (SSSR count). The zero-order valence-electron chi connectivity index (χ0n) is 20.9. The molecule has 0 saturated carbocycles. The molecule has 0 spiro atoms. The number of carbonyl (C=O) groups is 1. The number of hydrogen-bond acceptors (Lipinski definition) is 5. The van der Waals surface area contributed by atoms with E-state index in [4.69, 9.17) is 0 Å². The fourth-order valence-corrected chi connectivity index (χ4v) is 4.70. The third-order valence-electron chi connectivity index (χ3n) is 6.66. The van der Waals surface area contributed by atoms with Crippen LogP contribution in [0.15, 0.2) is 54.1 Å². The summed E-state index contributed by atoms with van der Waals surface area (Å²) in [7, 11) is 1.88. The molecule has 0 aliphatic carbocycles. The topological polar surface area (TPSA) is 83.6 Å². The maximum absolute atomic E-state index is 13.9. The van der Waals surface area contributed by atoms with Crippen molar-refractivity contribution in [3.8, 4) is 11.3 Å². The molecule has 7 heteroatoms. The van der Waals surface area contributed by atoms with Gasteiger partial charge in [-0.25, -0.2) is 0 Å². The van der Waals surface area contributed by atoms with Gasteiger partial charge in [-0.15, -0.1) is 0 Å². The van der Waals surface area contributed by atoms with E-state index in [1.54, 1.807) is 17.1 Å². The van der Waals surface area contributed by atoms with Crippen LogP contribution in [0.4, 0.5) is 0 Å². The number of amides is 1. The minimum absolute atomic E-state index is 0.0707. The van der Waals surface area contributed by atoms with Gasteiger partial charge in [0.05, 0.1) is 17.5 Å². The Labute approximate surface area is 202 Å². The van der Waals surface area contributed by atoms with Crippen LogP contribution >= 0.6 is 0 Å². The number of nitrogens with zero attached hydrogens (tertiary/aromatic N) is 5. The van der Waals surface area contributed by atoms with Crippen LogP contribution in [0.2, 0.25) is 0 Å². The Morgan fingerprint density at radius 3 is 2.88 bits per heavy atom. The Morgan fingerprint density at radius 2 is 2.18 bits per heavy atom. The van der Waals surface area contributed by atoms with Crippen molar-refractivity contribution in [2.75, 3.05) is 6.54 Å². The molecule has 1 saturated heterocycles. The average Bonchev–Trinajstić information content (AvgIpc) is 3.25. The summed E-state index contributed by atoms with van der Waals surface area (Å²) in [6.45, 7) is 10.5. The molecule has 1 aliphatic heterocycles. The monoisotopic (exact) mass is 463 g/mol. The van der Waals surface area contributed by atoms with Gasteiger partial charge in [-0.2, -0.15) is 5.10 Å². The standard InChI is InChI=1S/C27H37N5O2/c1-6-22(33)17-28-20(3)11-7-8-12-25-19(2)10-9-15-32(25)27(34)23-16-21(4)29-18-24(23)26-13-14-30-31(26)5/h6,13-14,16-19,25,33H,1,7-12,15H2,2-5H3/b22-17+,28-20?. The molecule has 34 heavy (non-hydrogen) atoms. The highest BCUT2D eigenvalue weighted by molar-refractivity contribution is 6.00. The zero-order chi connectivity index (χ0) is 24.7. The molecule has 1 amide bonds. The van der Waals surface area contributed by atoms with Gasteiger partial charge in [-0.3, -0.25) is 19.5 Å². The molecule has 1 N–H and O–H groups in total. The van der Waals surface area contributed by atoms with Crippen LogP contribution in [0, 0.1) is 12.8 Å². The van der Waals surface area contributed by atoms with Crippen LogP contribution in [-0.2, 0) is 7.05 Å². The molecule has 2 unspecified atom stereocenters. The lowest BCUT2D eigenvalue weighted by Crippen LogP contribution is -2.47. The summed E-state index contributed by atoms with van der Waals surface area (Å²) in [6.07, 6.45) is 12.4. The van der Waals surface area contributed by atoms with Crippen molar-refractivity contribution in [1.29, 1.82) is 0 Å². The van der Waals surface area contributed by atoms with E-state index in [1.165, 1.54) is 12.3 Å². The number of aliphatic hydroxyl groups is 1. The van der Waals surface area contributed by atoms with E-state index in [-0.39, 0.29) is 17.7 Å². The predicted molar refractivity (Wildman–Crippen MR) is 137 cm³/mol. The van der Waals surface area contributed by atoms with Gasteiger partial charge in [-0.05, 0) is 70.1 Å². The van der Waals surface area contributed by atoms with E-state index >= 15 is 0 Å². The molecule has 0 bridgehead atoms. The lowest BCUT2D eigenvalue weighted by molar-refractivity contribution is 0.0494. The van der Waals surface area contributed by atoms with Crippen LogP contribution in [0.1, 0.15) is 68.4 Å². The summed E-state index contributed by atoms with van der Waals surface area (Å²) >= 11 is 0. The van der Waals surface area contributed by atoms with Gasteiger partial charge < -0.3 is 10.0 Å². The van der Waals surface area contributed by atoms with Crippen molar-refractivity contribution >= 4 is 11.6 Å². The first-order valence-electron chi connectivity index (χ1n) is 12.1. The number of aryl methyl sites for hydroxylation is 2. The number of aliphatic imine (C=N–C) groups is 1. The highest BCUT2D eigenvalue weighted by atomic mass is 16.3. The van der Waals surface area contributed by atoms with E-state index in [0.717, 1.165) is 67.7 Å². The van der Waals surface area contributed by atoms with Gasteiger partial charge in [0.15, 0.2) is 0 Å². The maximum atomic E-state index is 13.9. The Morgan fingerprint density at radius 1 is 1.38 bits per heavy atom. The van der Waals surface area contributed by atoms with Crippen LogP contribution in [-0.4, -0.2) is 49.0 Å². The number of allylic oxidation sites excluding steroid dienone is 1. The summed E-state index contributed by atoms with van der Waals surface area (Å²) in [6, 6.07) is 4.05. The van der Waals surface area contributed by atoms with Crippen LogP contribution in [0.5, 0.6) is 0 Å². The molecule has 0 aromatic carbocycles. The quantitative estimate of drug-likeness (QED) is 0.226. The fourth-order valence-electron chi connectivity index (χ4n) is 4.70. The first-order valence-corrected chi connectivity index (χ1v) is 12.1. The molecule has 0 radical (unpaired) electrons. The first kappa shape index (κ1) is 25.4. The Kier molecular flexibility index (Phi) is 8.79. The van der Waals surface area contributed by atoms with E-state index in [2.05, 4.69) is 33.5 Å². The average molecular weight is 464 g/mol. The number of aliphatic hydroxyl groups excluding tert-OH is 1. The van der Waals surface area contributed by atoms with E-state index in [1.807, 2.05) is 33.0 Å². The second-order valence-electron chi connectivity index (χ2n) is 9.26. The van der Waals surface area contributed by atoms with E-state index in [0.29, 0.717) is 11.5 Å². The molecule has 2 aromatic heterocycles. The van der Waals surface area contributed by atoms with Crippen molar-refractivity contribution in [3.63, 3.8) is 0 Å². The Balaban J connectivity index is 1.73. The van der Waals surface area contributed by atoms with Crippen molar-refractivity contribution in [3.05, 3.63) is 60.4 Å². The highest BCUT2D eigenvalue weighted by Crippen LogP contribution is 2.31. The van der Waals surface area contributed by atoms with E-state index in [9.17, 15) is 9.90 Å². The van der Waals surface area contributed by atoms with Gasteiger partial charge in [0.25, 0.3) is 5.91 Å². The molecular formula is C27H37N5O2. The highest BCUT2D eigenvalue weighted by Gasteiger charge is 2.33. The zero-order valence-corrected chi connectivity index (χ0v) is 20.9. The number of carbonyl (C=O) groups excluding carboxylic acids is 1. The molecule has 1 fully saturated rings. The third kappa shape index (κ3) is 6.22. The maximum Gasteiger partial charge on any atom is 0.254 e. The first-order chi connectivity index (χ1) is 16.3. The van der Waals surface area contributed by atoms with Crippen molar-refractivity contribution in [1.82, 2.24) is 19.7 Å². The van der Waals surface area contributed by atoms with Crippen LogP contribution < -0.4 is 0 Å². The minimum atomic E-state index is 0.0707. The second-order valence-corrected chi connectivity index (χ2v) is 9.26. The summed E-state index contributed by atoms with van der Waals surface area (Å²) in [5.41, 5.74) is 4.24. The van der Waals surface area contributed by atoms with Gasteiger partial charge >= 0.3 is 0 Å². The van der Waals surface area contributed by atoms with Crippen molar-refractivity contribution in [2.45, 2.75) is 65.3 Å². The number of pyridine rings is 1. The van der Waals surface area contributed by atoms with Crippen molar-refractivity contribution in [2.24, 2.45) is 18.0 Å². The largest absolute Gasteiger partial charge is 0.506 e. The number of unbranched alkanes of at least 4 members (excludes halogenated alkanes) is 1. The summed E-state index contributed by atoms with van der Waals surface area (Å²) in [5.74, 6) is 0.616. The lowest BCUT2D eigenvalue weighted by atomic mass is 9.86. The number of likely N-dealkylation sites (tertiary alicyclic amines) is 1. The molecule has 7 nitrogen and oxygen atoms in total. The fraction of sp³-hybridized carbons (Fsp3) is 0.481. The molecular weight excluding hydrogens is 426 g/mol. The normalized spacial score (nSPS) is 19.4. The van der Waals surface area contributed by atoms with E-state index < -0.39 is 0 Å². The molecule has 182 valence electrons. The number of hydrogen-bond donors (Lipinski definition) is 1. The SMILES string of the molecule is C=C/C(O)=C\N=C(C)CCCCC1C(C)CCCN1C(=O)c1cc(C)ncc1-c1ccnn1C. The van der Waals surface area contributed by atoms with Crippen LogP contribution in [0.25, 0.3) is 11.3 Å². The molecule has 1 aliphatic rings. The van der Waals surface area contributed by atoms with Gasteiger partial charge in [0.2, 0.25) is 0 Å². The van der Waals surface area contributed by atoms with Crippen LogP contribution in [0.3, 0.4) is 0 Å². The Hall–Kier alpha value is -3.22. The van der Waals surface area contributed by atoms with Crippen molar-refractivity contribution < 1.29 is 9.90 Å². The number of aromatic nitrogens is 3. The smallest absolute Gasteiger partial charge is 0.254 e. The lowest BCUT2D eigenvalue weighted by Gasteiger charge is -2.40. The van der Waals surface area contributed by atoms with Gasteiger partial charge in [-0.1, -0.05) is 19.9 Å². The number of piperidine rings is 1. The van der Waals surface area contributed by atoms with Gasteiger partial charge in [0.1, 0.15) is 5.76 Å². The third-order valence-corrected chi connectivity index (χ3v) is 6.66. The number of rotatable bonds is 9. The summed E-state index contributed by atoms with van der Waals surface area (Å²) in [5, 5.41) is 13.7. The minimum Gasteiger partial charge on any atom is -0.506 e. The predicted octanol–water partition coefficient (Wildman–Crippen LogP) is 5.64. The summed E-state index contributed by atoms with van der Waals surface area (Å²) < 4.78 is 1.79. The molecule has 2 atom stereocenters. The van der Waals surface area contributed by atoms with Gasteiger partial charge in [0, 0.05) is 49.0 Å². The molecule has 2 aromatic rings. The Bertz CT molecular complexity index is 1070. The summed E-state index contributed by atoms with van der Waals surface area (Å²) in [4.78, 5) is 24.7. The molecule has 3 heterocycles.